The zero-order valence-corrected chi connectivity index (χ0v) is 9.97. The minimum absolute atomic E-state index is 0.635. The number of benzene rings is 2. The van der Waals surface area contributed by atoms with Crippen molar-refractivity contribution in [2.75, 3.05) is 5.43 Å². The maximum Gasteiger partial charge on any atom is 0.295 e. The molecule has 0 radical (unpaired) electrons. The van der Waals surface area contributed by atoms with Crippen molar-refractivity contribution < 1.29 is 4.87 Å². The number of hydrogen-bond donors (Lipinski definition) is 1. The molecule has 0 saturated carbocycles. The molecule has 0 fully saturated rings. The minimum atomic E-state index is 0.635. The van der Waals surface area contributed by atoms with Gasteiger partial charge in [-0.3, -0.25) is 0 Å². The first kappa shape index (κ1) is 11.3. The molecule has 0 saturated heterocycles. The molecule has 2 aromatic carbocycles. The quantitative estimate of drug-likeness (QED) is 0.640. The number of rotatable bonds is 3. The van der Waals surface area contributed by atoms with E-state index in [1.807, 2.05) is 56.3 Å². The van der Waals surface area contributed by atoms with Crippen LogP contribution in [0.3, 0.4) is 0 Å². The van der Waals surface area contributed by atoms with Crippen molar-refractivity contribution in [2.24, 2.45) is 0 Å². The Labute approximate surface area is 101 Å². The zero-order chi connectivity index (χ0) is 12.3. The number of nitrogens with zero attached hydrogens (tertiary/aromatic N) is 1. The minimum Gasteiger partial charge on any atom is -0.114 e. The van der Waals surface area contributed by atoms with E-state index in [2.05, 4.69) is 5.43 Å². The number of hydrogen-bond acceptors (Lipinski definition) is 1. The van der Waals surface area contributed by atoms with Crippen LogP contribution in [0.4, 0.5) is 11.4 Å². The molecule has 0 aliphatic rings. The Kier molecular flexibility index (Phi) is 3.19. The summed E-state index contributed by atoms with van der Waals surface area (Å²) in [5.74, 6) is 0. The van der Waals surface area contributed by atoms with Crippen molar-refractivity contribution in [3.63, 3.8) is 0 Å². The first-order valence-electron chi connectivity index (χ1n) is 5.53. The van der Waals surface area contributed by atoms with E-state index in [4.69, 9.17) is 0 Å². The lowest BCUT2D eigenvalue weighted by atomic mass is 10.2. The third-order valence-corrected chi connectivity index (χ3v) is 2.70. The van der Waals surface area contributed by atoms with E-state index >= 15 is 0 Å². The van der Waals surface area contributed by atoms with Gasteiger partial charge < -0.3 is 0 Å². The molecule has 2 rings (SSSR count). The smallest absolute Gasteiger partial charge is 0.114 e. The molecule has 0 bridgehead atoms. The summed E-state index contributed by atoms with van der Waals surface area (Å²) in [5.41, 5.74) is 6.30. The fourth-order valence-corrected chi connectivity index (χ4v) is 1.66. The fourth-order valence-electron chi connectivity index (χ4n) is 1.66. The van der Waals surface area contributed by atoms with E-state index in [1.165, 1.54) is 0 Å². The van der Waals surface area contributed by atoms with Crippen molar-refractivity contribution in [2.45, 2.75) is 13.8 Å². The summed E-state index contributed by atoms with van der Waals surface area (Å²) < 4.78 is 0. The lowest BCUT2D eigenvalue weighted by molar-refractivity contribution is -0.428. The lowest BCUT2D eigenvalue weighted by Gasteiger charge is -2.02. The molecule has 0 aromatic heterocycles. The third kappa shape index (κ3) is 2.50. The first-order chi connectivity index (χ1) is 8.18. The van der Waals surface area contributed by atoms with Crippen LogP contribution in [0.1, 0.15) is 11.1 Å². The van der Waals surface area contributed by atoms with Gasteiger partial charge in [-0.1, -0.05) is 36.4 Å². The summed E-state index contributed by atoms with van der Waals surface area (Å²) in [5, 5.41) is 0. The van der Waals surface area contributed by atoms with Crippen molar-refractivity contribution in [3.8, 4) is 0 Å². The molecule has 0 aliphatic carbocycles. The van der Waals surface area contributed by atoms with Gasteiger partial charge in [0.05, 0.1) is 4.91 Å². The molecule has 0 heterocycles. The SMILES string of the molecule is Cc1ccccc1N[N+](=O)c1ccccc1C. The molecule has 0 aliphatic heterocycles. The Morgan fingerprint density at radius 3 is 2.12 bits per heavy atom. The van der Waals surface area contributed by atoms with E-state index in [1.54, 1.807) is 6.07 Å². The largest absolute Gasteiger partial charge is 0.295 e. The topological polar surface area (TPSA) is 32.1 Å². The molecule has 1 N–H and O–H groups in total. The number of anilines is 1. The van der Waals surface area contributed by atoms with Crippen molar-refractivity contribution in [1.29, 1.82) is 0 Å². The van der Waals surface area contributed by atoms with Gasteiger partial charge in [-0.05, 0) is 25.5 Å². The highest BCUT2D eigenvalue weighted by atomic mass is 16.3. The molecule has 0 atom stereocenters. The molecule has 3 heteroatoms. The summed E-state index contributed by atoms with van der Waals surface area (Å²) in [7, 11) is 0. The van der Waals surface area contributed by atoms with Crippen molar-refractivity contribution in [3.05, 3.63) is 64.6 Å². The highest BCUT2D eigenvalue weighted by Crippen LogP contribution is 2.19. The second-order valence-electron chi connectivity index (χ2n) is 4.01. The van der Waals surface area contributed by atoms with Gasteiger partial charge in [0.2, 0.25) is 0 Å². The number of aryl methyl sites for hydroxylation is 2. The average Bonchev–Trinajstić information content (AvgIpc) is 2.32. The van der Waals surface area contributed by atoms with Crippen molar-refractivity contribution >= 4 is 11.4 Å². The standard InChI is InChI=1S/C14H15N2O/c1-11-7-3-5-9-13(11)15-16(17)14-10-6-4-8-12(14)2/h3-10H,1-2H3,(H,15,17)/q+1. The Morgan fingerprint density at radius 2 is 1.47 bits per heavy atom. The molecule has 3 nitrogen and oxygen atoms in total. The van der Waals surface area contributed by atoms with Gasteiger partial charge in [0.1, 0.15) is 5.69 Å². The first-order valence-corrected chi connectivity index (χ1v) is 5.53. The third-order valence-electron chi connectivity index (χ3n) is 2.70. The van der Waals surface area contributed by atoms with Crippen LogP contribution in [0.2, 0.25) is 0 Å². The lowest BCUT2D eigenvalue weighted by Crippen LogP contribution is -2.12. The molecule has 0 spiro atoms. The Hall–Kier alpha value is -2.16. The van der Waals surface area contributed by atoms with E-state index in [9.17, 15) is 4.91 Å². The van der Waals surface area contributed by atoms with Gasteiger partial charge >= 0.3 is 0 Å². The van der Waals surface area contributed by atoms with Gasteiger partial charge in [0, 0.05) is 11.6 Å². The van der Waals surface area contributed by atoms with Crippen LogP contribution in [0.15, 0.2) is 48.5 Å². The monoisotopic (exact) mass is 227 g/mol. The Balaban J connectivity index is 2.24. The van der Waals surface area contributed by atoms with Gasteiger partial charge in [-0.25, -0.2) is 0 Å². The maximum absolute atomic E-state index is 12.0. The van der Waals surface area contributed by atoms with Gasteiger partial charge in [-0.15, -0.1) is 5.43 Å². The molecule has 2 aromatic rings. The van der Waals surface area contributed by atoms with Crippen molar-refractivity contribution in [1.82, 2.24) is 0 Å². The van der Waals surface area contributed by atoms with E-state index in [0.29, 0.717) is 5.69 Å². The molecule has 0 unspecified atom stereocenters. The van der Waals surface area contributed by atoms with Crippen LogP contribution >= 0.6 is 0 Å². The second-order valence-corrected chi connectivity index (χ2v) is 4.01. The number of hydrazine groups is 1. The highest BCUT2D eigenvalue weighted by molar-refractivity contribution is 5.49. The number of nitroso groups, excluding NO2 is 1. The number of nitrogens with one attached hydrogen (secondary N) is 1. The van der Waals surface area contributed by atoms with Gasteiger partial charge in [0.15, 0.2) is 4.87 Å². The predicted molar refractivity (Wildman–Crippen MR) is 69.3 cm³/mol. The van der Waals surface area contributed by atoms with Crippen LogP contribution in [0.5, 0.6) is 0 Å². The summed E-state index contributed by atoms with van der Waals surface area (Å²) in [6, 6.07) is 15.2. The summed E-state index contributed by atoms with van der Waals surface area (Å²) >= 11 is 0. The molecular formula is C14H15N2O+. The van der Waals surface area contributed by atoms with Crippen LogP contribution in [0, 0.1) is 18.8 Å². The second kappa shape index (κ2) is 4.78. The predicted octanol–water partition coefficient (Wildman–Crippen LogP) is 3.74. The molecular weight excluding hydrogens is 212 g/mol. The van der Waals surface area contributed by atoms with E-state index in [-0.39, 0.29) is 0 Å². The normalized spacial score (nSPS) is 10.0. The van der Waals surface area contributed by atoms with Gasteiger partial charge in [0.25, 0.3) is 5.69 Å². The number of para-hydroxylation sites is 2. The Bertz CT molecular complexity index is 549. The summed E-state index contributed by atoms with van der Waals surface area (Å²) in [6.45, 7) is 3.88. The van der Waals surface area contributed by atoms with Crippen LogP contribution in [-0.4, -0.2) is 4.87 Å². The van der Waals surface area contributed by atoms with E-state index in [0.717, 1.165) is 21.7 Å². The van der Waals surface area contributed by atoms with Gasteiger partial charge in [-0.2, -0.15) is 0 Å². The summed E-state index contributed by atoms with van der Waals surface area (Å²) in [4.78, 5) is 12.8. The highest BCUT2D eigenvalue weighted by Gasteiger charge is 2.17. The summed E-state index contributed by atoms with van der Waals surface area (Å²) in [6.07, 6.45) is 0. The van der Waals surface area contributed by atoms with Crippen LogP contribution in [-0.2, 0) is 0 Å². The van der Waals surface area contributed by atoms with Crippen LogP contribution in [0.25, 0.3) is 0 Å². The van der Waals surface area contributed by atoms with E-state index < -0.39 is 0 Å². The zero-order valence-electron chi connectivity index (χ0n) is 9.97. The molecule has 17 heavy (non-hydrogen) atoms. The van der Waals surface area contributed by atoms with Crippen LogP contribution < -0.4 is 5.43 Å². The average molecular weight is 227 g/mol. The Morgan fingerprint density at radius 1 is 0.882 bits per heavy atom. The molecule has 0 amide bonds. The maximum atomic E-state index is 12.0. The fraction of sp³-hybridized carbons (Fsp3) is 0.143. The molecule has 86 valence electrons.